The number of carbonyl (C=O) groups is 1. The van der Waals surface area contributed by atoms with Crippen molar-refractivity contribution in [1.82, 2.24) is 10.2 Å². The number of methoxy groups -OCH3 is 1. The van der Waals surface area contributed by atoms with E-state index < -0.39 is 0 Å². The van der Waals surface area contributed by atoms with Crippen molar-refractivity contribution in [2.75, 3.05) is 26.7 Å². The van der Waals surface area contributed by atoms with Crippen LogP contribution in [0.4, 0.5) is 0 Å². The Morgan fingerprint density at radius 2 is 2.17 bits per heavy atom. The van der Waals surface area contributed by atoms with Crippen LogP contribution in [0.25, 0.3) is 0 Å². The van der Waals surface area contributed by atoms with Gasteiger partial charge in [0.2, 0.25) is 0 Å². The van der Waals surface area contributed by atoms with Crippen molar-refractivity contribution in [3.63, 3.8) is 0 Å². The lowest BCUT2D eigenvalue weighted by atomic mass is 10.0. The molecular formula is C17H26Cl2N2O2. The molecule has 1 aromatic rings. The molecule has 1 N–H and O–H groups in total. The molecule has 1 saturated heterocycles. The van der Waals surface area contributed by atoms with Crippen molar-refractivity contribution in [2.24, 2.45) is 0 Å². The molecular weight excluding hydrogens is 335 g/mol. The summed E-state index contributed by atoms with van der Waals surface area (Å²) in [5.74, 6) is -0.320. The number of hydrogen-bond acceptors (Lipinski definition) is 4. The first-order valence-corrected chi connectivity index (χ1v) is 8.35. The molecule has 0 saturated carbocycles. The van der Waals surface area contributed by atoms with E-state index in [0.29, 0.717) is 16.6 Å². The molecule has 2 rings (SSSR count). The topological polar surface area (TPSA) is 41.6 Å². The molecule has 1 atom stereocenters. The molecule has 23 heavy (non-hydrogen) atoms. The molecule has 1 aliphatic rings. The normalized spacial score (nSPS) is 18.2. The SMILES string of the molecule is CCN(Cc1cc(C(=O)OC)ccc1Cl)C1CCCNCC1.Cl. The average molecular weight is 361 g/mol. The van der Waals surface area contributed by atoms with Crippen LogP contribution in [0.15, 0.2) is 18.2 Å². The minimum Gasteiger partial charge on any atom is -0.465 e. The van der Waals surface area contributed by atoms with Crippen molar-refractivity contribution < 1.29 is 9.53 Å². The third kappa shape index (κ3) is 5.64. The number of carbonyl (C=O) groups excluding carboxylic acids is 1. The Labute approximate surface area is 149 Å². The summed E-state index contributed by atoms with van der Waals surface area (Å²) >= 11 is 6.33. The maximum Gasteiger partial charge on any atom is 0.337 e. The highest BCUT2D eigenvalue weighted by Crippen LogP contribution is 2.23. The predicted octanol–water partition coefficient (Wildman–Crippen LogP) is 3.51. The van der Waals surface area contributed by atoms with E-state index >= 15 is 0 Å². The van der Waals surface area contributed by atoms with Gasteiger partial charge in [-0.2, -0.15) is 0 Å². The fraction of sp³-hybridized carbons (Fsp3) is 0.588. The van der Waals surface area contributed by atoms with Gasteiger partial charge in [0, 0.05) is 17.6 Å². The number of nitrogens with zero attached hydrogens (tertiary/aromatic N) is 1. The third-order valence-corrected chi connectivity index (χ3v) is 4.68. The molecule has 0 bridgehead atoms. The van der Waals surface area contributed by atoms with Gasteiger partial charge in [-0.3, -0.25) is 4.90 Å². The van der Waals surface area contributed by atoms with Gasteiger partial charge in [-0.1, -0.05) is 18.5 Å². The lowest BCUT2D eigenvalue weighted by Crippen LogP contribution is -2.35. The fourth-order valence-corrected chi connectivity index (χ4v) is 3.20. The molecule has 0 aromatic heterocycles. The lowest BCUT2D eigenvalue weighted by Gasteiger charge is -2.30. The number of ether oxygens (including phenoxy) is 1. The summed E-state index contributed by atoms with van der Waals surface area (Å²) in [7, 11) is 1.40. The second-order valence-electron chi connectivity index (χ2n) is 5.70. The molecule has 1 unspecified atom stereocenters. The molecule has 130 valence electrons. The number of halogens is 2. The predicted molar refractivity (Wildman–Crippen MR) is 96.6 cm³/mol. The van der Waals surface area contributed by atoms with Gasteiger partial charge in [-0.15, -0.1) is 12.4 Å². The second kappa shape index (κ2) is 10.1. The average Bonchev–Trinajstić information content (AvgIpc) is 2.82. The van der Waals surface area contributed by atoms with Crippen LogP contribution in [0.2, 0.25) is 5.02 Å². The number of hydrogen-bond donors (Lipinski definition) is 1. The zero-order valence-electron chi connectivity index (χ0n) is 13.8. The summed E-state index contributed by atoms with van der Waals surface area (Å²) in [6.07, 6.45) is 3.56. The molecule has 1 aliphatic heterocycles. The van der Waals surface area contributed by atoms with E-state index in [1.807, 2.05) is 6.07 Å². The quantitative estimate of drug-likeness (QED) is 0.815. The van der Waals surface area contributed by atoms with Gasteiger partial charge in [0.25, 0.3) is 0 Å². The standard InChI is InChI=1S/C17H25ClN2O2.ClH/c1-3-20(15-5-4-9-19-10-8-15)12-14-11-13(17(21)22-2)6-7-16(14)18;/h6-7,11,15,19H,3-5,8-10,12H2,1-2H3;1H. The van der Waals surface area contributed by atoms with E-state index in [9.17, 15) is 4.79 Å². The van der Waals surface area contributed by atoms with Crippen LogP contribution in [0.5, 0.6) is 0 Å². The number of rotatable bonds is 5. The van der Waals surface area contributed by atoms with E-state index in [-0.39, 0.29) is 18.4 Å². The van der Waals surface area contributed by atoms with Gasteiger partial charge in [0.05, 0.1) is 12.7 Å². The zero-order valence-corrected chi connectivity index (χ0v) is 15.4. The summed E-state index contributed by atoms with van der Waals surface area (Å²) in [5.41, 5.74) is 1.55. The summed E-state index contributed by atoms with van der Waals surface area (Å²) in [6.45, 7) is 6.09. The van der Waals surface area contributed by atoms with Crippen molar-refractivity contribution in [1.29, 1.82) is 0 Å². The summed E-state index contributed by atoms with van der Waals surface area (Å²) < 4.78 is 4.79. The zero-order chi connectivity index (χ0) is 15.9. The Kier molecular flexibility index (Phi) is 8.92. The molecule has 0 amide bonds. The van der Waals surface area contributed by atoms with Gasteiger partial charge in [0.15, 0.2) is 0 Å². The molecule has 1 aromatic carbocycles. The molecule has 0 radical (unpaired) electrons. The summed E-state index contributed by atoms with van der Waals surface area (Å²) in [6, 6.07) is 5.92. The van der Waals surface area contributed by atoms with Gasteiger partial charge < -0.3 is 10.1 Å². The first kappa shape index (κ1) is 20.2. The highest BCUT2D eigenvalue weighted by molar-refractivity contribution is 6.31. The maximum absolute atomic E-state index is 11.7. The van der Waals surface area contributed by atoms with Crippen LogP contribution in [-0.4, -0.2) is 43.7 Å². The number of benzene rings is 1. The smallest absolute Gasteiger partial charge is 0.337 e. The van der Waals surface area contributed by atoms with Crippen LogP contribution < -0.4 is 5.32 Å². The summed E-state index contributed by atoms with van der Waals surface area (Å²) in [4.78, 5) is 14.1. The van der Waals surface area contributed by atoms with E-state index in [1.165, 1.54) is 20.0 Å². The van der Waals surface area contributed by atoms with Gasteiger partial charge in [-0.05, 0) is 62.7 Å². The molecule has 1 fully saturated rings. The molecule has 6 heteroatoms. The van der Waals surface area contributed by atoms with E-state index in [2.05, 4.69) is 17.1 Å². The van der Waals surface area contributed by atoms with Crippen LogP contribution in [0.1, 0.15) is 42.1 Å². The van der Waals surface area contributed by atoms with Crippen LogP contribution in [0, 0.1) is 0 Å². The number of esters is 1. The Morgan fingerprint density at radius 1 is 1.39 bits per heavy atom. The van der Waals surface area contributed by atoms with Gasteiger partial charge in [-0.25, -0.2) is 4.79 Å². The van der Waals surface area contributed by atoms with Gasteiger partial charge in [0.1, 0.15) is 0 Å². The van der Waals surface area contributed by atoms with Crippen LogP contribution in [-0.2, 0) is 11.3 Å². The molecule has 1 heterocycles. The Balaban J connectivity index is 0.00000264. The lowest BCUT2D eigenvalue weighted by molar-refractivity contribution is 0.0600. The fourth-order valence-electron chi connectivity index (χ4n) is 3.02. The second-order valence-corrected chi connectivity index (χ2v) is 6.10. The van der Waals surface area contributed by atoms with Gasteiger partial charge >= 0.3 is 5.97 Å². The van der Waals surface area contributed by atoms with Crippen LogP contribution >= 0.6 is 24.0 Å². The maximum atomic E-state index is 11.7. The van der Waals surface area contributed by atoms with E-state index in [4.69, 9.17) is 16.3 Å². The van der Waals surface area contributed by atoms with E-state index in [1.54, 1.807) is 12.1 Å². The molecule has 4 nitrogen and oxygen atoms in total. The van der Waals surface area contributed by atoms with Crippen molar-refractivity contribution in [2.45, 2.75) is 38.8 Å². The van der Waals surface area contributed by atoms with E-state index in [0.717, 1.165) is 38.2 Å². The first-order valence-electron chi connectivity index (χ1n) is 7.97. The number of nitrogens with one attached hydrogen (secondary N) is 1. The third-order valence-electron chi connectivity index (χ3n) is 4.31. The Morgan fingerprint density at radius 3 is 2.87 bits per heavy atom. The van der Waals surface area contributed by atoms with Crippen molar-refractivity contribution in [3.8, 4) is 0 Å². The Hall–Kier alpha value is -0.810. The van der Waals surface area contributed by atoms with Crippen molar-refractivity contribution in [3.05, 3.63) is 34.3 Å². The monoisotopic (exact) mass is 360 g/mol. The largest absolute Gasteiger partial charge is 0.465 e. The summed E-state index contributed by atoms with van der Waals surface area (Å²) in [5, 5.41) is 4.16. The highest BCUT2D eigenvalue weighted by Gasteiger charge is 2.20. The Bertz CT molecular complexity index is 503. The molecule has 0 spiro atoms. The molecule has 0 aliphatic carbocycles. The minimum atomic E-state index is -0.320. The van der Waals surface area contributed by atoms with Crippen LogP contribution in [0.3, 0.4) is 0 Å². The first-order chi connectivity index (χ1) is 10.7. The highest BCUT2D eigenvalue weighted by atomic mass is 35.5. The van der Waals surface area contributed by atoms with Crippen molar-refractivity contribution >= 4 is 30.0 Å². The minimum absolute atomic E-state index is 0.